The summed E-state index contributed by atoms with van der Waals surface area (Å²) < 4.78 is 0. The Hall–Kier alpha value is -1.11. The maximum absolute atomic E-state index is 11.7. The second-order valence-corrected chi connectivity index (χ2v) is 4.51. The number of Topliss-reactive ketones (excluding diaryl/α,β-unsaturated/α-hetero) is 1. The molecule has 1 heteroatoms. The lowest BCUT2D eigenvalue weighted by Gasteiger charge is -2.10. The molecule has 1 atom stereocenters. The Labute approximate surface area is 98.9 Å². The quantitative estimate of drug-likeness (QED) is 0.622. The van der Waals surface area contributed by atoms with Crippen LogP contribution < -0.4 is 0 Å². The molecule has 0 saturated heterocycles. The van der Waals surface area contributed by atoms with Crippen molar-refractivity contribution in [3.8, 4) is 0 Å². The van der Waals surface area contributed by atoms with E-state index in [1.807, 2.05) is 18.2 Å². The van der Waals surface area contributed by atoms with Crippen molar-refractivity contribution in [1.82, 2.24) is 0 Å². The lowest BCUT2D eigenvalue weighted by atomic mass is 9.94. The third-order valence-electron chi connectivity index (χ3n) is 2.96. The summed E-state index contributed by atoms with van der Waals surface area (Å²) in [5.41, 5.74) is 1.27. The van der Waals surface area contributed by atoms with Gasteiger partial charge < -0.3 is 0 Å². The van der Waals surface area contributed by atoms with Crippen molar-refractivity contribution < 1.29 is 4.79 Å². The van der Waals surface area contributed by atoms with Gasteiger partial charge in [0.05, 0.1) is 0 Å². The monoisotopic (exact) mass is 218 g/mol. The van der Waals surface area contributed by atoms with Gasteiger partial charge in [-0.3, -0.25) is 4.79 Å². The second kappa shape index (κ2) is 7.21. The van der Waals surface area contributed by atoms with Crippen LogP contribution in [0.1, 0.15) is 57.4 Å². The zero-order valence-corrected chi connectivity index (χ0v) is 10.4. The highest BCUT2D eigenvalue weighted by Crippen LogP contribution is 2.19. The van der Waals surface area contributed by atoms with Crippen molar-refractivity contribution in [2.24, 2.45) is 0 Å². The molecule has 0 amide bonds. The molecule has 0 aliphatic rings. The highest BCUT2D eigenvalue weighted by atomic mass is 16.1. The van der Waals surface area contributed by atoms with Gasteiger partial charge in [-0.2, -0.15) is 0 Å². The summed E-state index contributed by atoms with van der Waals surface area (Å²) in [6, 6.07) is 10.3. The number of carbonyl (C=O) groups is 1. The van der Waals surface area contributed by atoms with Crippen molar-refractivity contribution in [2.75, 3.05) is 0 Å². The molecule has 0 heterocycles. The van der Waals surface area contributed by atoms with Crippen LogP contribution in [0.5, 0.6) is 0 Å². The maximum Gasteiger partial charge on any atom is 0.133 e. The van der Waals surface area contributed by atoms with Crippen molar-refractivity contribution in [2.45, 2.75) is 51.9 Å². The fourth-order valence-corrected chi connectivity index (χ4v) is 1.92. The van der Waals surface area contributed by atoms with E-state index in [9.17, 15) is 4.79 Å². The molecular formula is C15H22O. The minimum absolute atomic E-state index is 0.357. The number of unbranched alkanes of at least 4 members (excludes halogenated alkanes) is 2. The van der Waals surface area contributed by atoms with Crippen molar-refractivity contribution >= 4 is 5.78 Å². The second-order valence-electron chi connectivity index (χ2n) is 4.51. The van der Waals surface area contributed by atoms with E-state index in [2.05, 4.69) is 26.0 Å². The molecule has 0 saturated carbocycles. The third-order valence-corrected chi connectivity index (χ3v) is 2.96. The maximum atomic E-state index is 11.7. The smallest absolute Gasteiger partial charge is 0.133 e. The van der Waals surface area contributed by atoms with Crippen LogP contribution in [-0.4, -0.2) is 5.78 Å². The average Bonchev–Trinajstić information content (AvgIpc) is 2.30. The Bertz CT molecular complexity index is 302. The Morgan fingerprint density at radius 1 is 1.19 bits per heavy atom. The molecule has 0 fully saturated rings. The molecule has 1 nitrogen and oxygen atoms in total. The van der Waals surface area contributed by atoms with Gasteiger partial charge in [0.25, 0.3) is 0 Å². The van der Waals surface area contributed by atoms with E-state index >= 15 is 0 Å². The zero-order chi connectivity index (χ0) is 11.8. The molecular weight excluding hydrogens is 196 g/mol. The van der Waals surface area contributed by atoms with Crippen molar-refractivity contribution in [1.29, 1.82) is 0 Å². The topological polar surface area (TPSA) is 17.1 Å². The van der Waals surface area contributed by atoms with Crippen LogP contribution in [0.4, 0.5) is 0 Å². The van der Waals surface area contributed by atoms with E-state index in [0.29, 0.717) is 18.1 Å². The summed E-state index contributed by atoms with van der Waals surface area (Å²) in [5, 5.41) is 0. The molecule has 0 bridgehead atoms. The van der Waals surface area contributed by atoms with Gasteiger partial charge in [-0.1, -0.05) is 57.0 Å². The van der Waals surface area contributed by atoms with E-state index in [0.717, 1.165) is 12.8 Å². The van der Waals surface area contributed by atoms with Crippen LogP contribution >= 0.6 is 0 Å². The fourth-order valence-electron chi connectivity index (χ4n) is 1.92. The Balaban J connectivity index is 2.34. The summed E-state index contributed by atoms with van der Waals surface area (Å²) in [5.74, 6) is 0.764. The van der Waals surface area contributed by atoms with Crippen LogP contribution in [0.25, 0.3) is 0 Å². The molecule has 0 aliphatic heterocycles. The Morgan fingerprint density at radius 3 is 2.50 bits per heavy atom. The normalized spacial score (nSPS) is 12.4. The molecule has 0 N–H and O–H groups in total. The van der Waals surface area contributed by atoms with Crippen LogP contribution in [0.15, 0.2) is 30.3 Å². The number of carbonyl (C=O) groups excluding carboxylic acids is 1. The summed E-state index contributed by atoms with van der Waals surface area (Å²) in [6.07, 6.45) is 4.85. The van der Waals surface area contributed by atoms with Crippen LogP contribution in [-0.2, 0) is 4.79 Å². The number of benzene rings is 1. The van der Waals surface area contributed by atoms with Gasteiger partial charge in [0, 0.05) is 12.8 Å². The fraction of sp³-hybridized carbons (Fsp3) is 0.533. The molecule has 88 valence electrons. The lowest BCUT2D eigenvalue weighted by molar-refractivity contribution is -0.119. The van der Waals surface area contributed by atoms with Gasteiger partial charge in [-0.25, -0.2) is 0 Å². The van der Waals surface area contributed by atoms with Gasteiger partial charge in [-0.15, -0.1) is 0 Å². The number of hydrogen-bond acceptors (Lipinski definition) is 1. The van der Waals surface area contributed by atoms with E-state index in [-0.39, 0.29) is 0 Å². The molecule has 0 unspecified atom stereocenters. The molecule has 1 aromatic rings. The van der Waals surface area contributed by atoms with Crippen molar-refractivity contribution in [3.05, 3.63) is 35.9 Å². The Kier molecular flexibility index (Phi) is 5.84. The molecule has 0 spiro atoms. The average molecular weight is 218 g/mol. The van der Waals surface area contributed by atoms with Crippen LogP contribution in [0, 0.1) is 0 Å². The highest BCUT2D eigenvalue weighted by Gasteiger charge is 2.10. The zero-order valence-electron chi connectivity index (χ0n) is 10.4. The first kappa shape index (κ1) is 13.0. The van der Waals surface area contributed by atoms with Gasteiger partial charge in [-0.05, 0) is 17.9 Å². The molecule has 0 aromatic heterocycles. The summed E-state index contributed by atoms with van der Waals surface area (Å²) in [4.78, 5) is 11.7. The van der Waals surface area contributed by atoms with E-state index in [4.69, 9.17) is 0 Å². The number of hydrogen-bond donors (Lipinski definition) is 0. The summed E-state index contributed by atoms with van der Waals surface area (Å²) >= 11 is 0. The first-order valence-corrected chi connectivity index (χ1v) is 6.30. The highest BCUT2D eigenvalue weighted by molar-refractivity contribution is 5.79. The standard InChI is InChI=1S/C15H22O/c1-3-4-6-11-15(16)12-13(2)14-9-7-5-8-10-14/h5,7-10,13H,3-4,6,11-12H2,1-2H3/t13-/m0/s1. The molecule has 0 radical (unpaired) electrons. The van der Waals surface area contributed by atoms with Gasteiger partial charge in [0.1, 0.15) is 5.78 Å². The van der Waals surface area contributed by atoms with E-state index < -0.39 is 0 Å². The lowest BCUT2D eigenvalue weighted by Crippen LogP contribution is -2.04. The summed E-state index contributed by atoms with van der Waals surface area (Å²) in [6.45, 7) is 4.30. The SMILES string of the molecule is CCCCCC(=O)C[C@H](C)c1ccccc1. The van der Waals surface area contributed by atoms with Crippen LogP contribution in [0.2, 0.25) is 0 Å². The van der Waals surface area contributed by atoms with Gasteiger partial charge in [0.15, 0.2) is 0 Å². The minimum atomic E-state index is 0.357. The minimum Gasteiger partial charge on any atom is -0.300 e. The first-order chi connectivity index (χ1) is 7.74. The first-order valence-electron chi connectivity index (χ1n) is 6.30. The van der Waals surface area contributed by atoms with Crippen molar-refractivity contribution in [3.63, 3.8) is 0 Å². The number of rotatable bonds is 7. The molecule has 0 aliphatic carbocycles. The summed E-state index contributed by atoms with van der Waals surface area (Å²) in [7, 11) is 0. The molecule has 1 aromatic carbocycles. The van der Waals surface area contributed by atoms with Crippen LogP contribution in [0.3, 0.4) is 0 Å². The molecule has 16 heavy (non-hydrogen) atoms. The largest absolute Gasteiger partial charge is 0.300 e. The van der Waals surface area contributed by atoms with Gasteiger partial charge in [0.2, 0.25) is 0 Å². The molecule has 1 rings (SSSR count). The van der Waals surface area contributed by atoms with E-state index in [1.54, 1.807) is 0 Å². The third kappa shape index (κ3) is 4.61. The van der Waals surface area contributed by atoms with Gasteiger partial charge >= 0.3 is 0 Å². The predicted octanol–water partition coefficient (Wildman–Crippen LogP) is 4.33. The Morgan fingerprint density at radius 2 is 1.88 bits per heavy atom. The van der Waals surface area contributed by atoms with E-state index in [1.165, 1.54) is 18.4 Å². The predicted molar refractivity (Wildman–Crippen MR) is 68.6 cm³/mol. The number of ketones is 1.